The van der Waals surface area contributed by atoms with E-state index in [0.29, 0.717) is 6.54 Å². The van der Waals surface area contributed by atoms with E-state index in [1.54, 1.807) is 36.4 Å². The Balaban J connectivity index is 1.81. The van der Waals surface area contributed by atoms with Crippen molar-refractivity contribution in [1.29, 1.82) is 5.26 Å². The maximum absolute atomic E-state index is 12.0. The maximum Gasteiger partial charge on any atom is 0.261 e. The van der Waals surface area contributed by atoms with E-state index in [1.807, 2.05) is 24.3 Å². The van der Waals surface area contributed by atoms with Crippen LogP contribution in [0.4, 0.5) is 0 Å². The Morgan fingerprint density at radius 3 is 2.52 bits per heavy atom. The minimum Gasteiger partial charge on any atom is -0.508 e. The van der Waals surface area contributed by atoms with E-state index in [1.165, 1.54) is 11.6 Å². The van der Waals surface area contributed by atoms with Crippen molar-refractivity contribution in [1.82, 2.24) is 5.32 Å². The number of aromatic hydroxyl groups is 1. The van der Waals surface area contributed by atoms with E-state index in [-0.39, 0.29) is 17.2 Å². The lowest BCUT2D eigenvalue weighted by Gasteiger charge is -2.04. The number of allylic oxidation sites excluding steroid dienone is 2. The maximum atomic E-state index is 12.0. The number of hydrogen-bond donors (Lipinski definition) is 2. The smallest absolute Gasteiger partial charge is 0.261 e. The van der Waals surface area contributed by atoms with Gasteiger partial charge in [0.15, 0.2) is 0 Å². The SMILES string of the molecule is N#CC(=CC=Cc1ccc(O)cc1)C(=O)NCCCc1ccccc1. The van der Waals surface area contributed by atoms with Crippen molar-refractivity contribution >= 4 is 12.0 Å². The van der Waals surface area contributed by atoms with Gasteiger partial charge in [-0.05, 0) is 42.2 Å². The first kappa shape index (κ1) is 18.0. The molecule has 25 heavy (non-hydrogen) atoms. The van der Waals surface area contributed by atoms with Crippen LogP contribution < -0.4 is 5.32 Å². The van der Waals surface area contributed by atoms with Gasteiger partial charge in [0.05, 0.1) is 0 Å². The first-order valence-corrected chi connectivity index (χ1v) is 8.08. The second kappa shape index (κ2) is 9.74. The molecule has 0 radical (unpaired) electrons. The number of carbonyl (C=O) groups excluding carboxylic acids is 1. The van der Waals surface area contributed by atoms with E-state index in [4.69, 9.17) is 5.26 Å². The van der Waals surface area contributed by atoms with Crippen LogP contribution in [0.1, 0.15) is 17.5 Å². The molecule has 0 saturated carbocycles. The highest BCUT2D eigenvalue weighted by molar-refractivity contribution is 5.97. The molecule has 1 amide bonds. The normalized spacial score (nSPS) is 11.2. The van der Waals surface area contributed by atoms with E-state index in [9.17, 15) is 9.90 Å². The second-order valence-electron chi connectivity index (χ2n) is 5.49. The number of phenolic OH excluding ortho intramolecular Hbond substituents is 1. The van der Waals surface area contributed by atoms with Crippen LogP contribution in [0.15, 0.2) is 72.3 Å². The van der Waals surface area contributed by atoms with Crippen LogP contribution in [-0.4, -0.2) is 17.6 Å². The number of aryl methyl sites for hydroxylation is 1. The summed E-state index contributed by atoms with van der Waals surface area (Å²) in [5.41, 5.74) is 2.16. The van der Waals surface area contributed by atoms with E-state index >= 15 is 0 Å². The minimum atomic E-state index is -0.370. The third-order valence-corrected chi connectivity index (χ3v) is 3.58. The van der Waals surface area contributed by atoms with Crippen LogP contribution in [0.3, 0.4) is 0 Å². The summed E-state index contributed by atoms with van der Waals surface area (Å²) in [6.45, 7) is 0.522. The van der Waals surface area contributed by atoms with Crippen LogP contribution in [0.2, 0.25) is 0 Å². The Bertz CT molecular complexity index is 785. The van der Waals surface area contributed by atoms with Gasteiger partial charge in [-0.25, -0.2) is 0 Å². The van der Waals surface area contributed by atoms with Crippen molar-refractivity contribution in [3.8, 4) is 11.8 Å². The standard InChI is InChI=1S/C21H20N2O2/c22-16-19(10-4-8-18-11-13-20(24)14-12-18)21(25)23-15-5-9-17-6-2-1-3-7-17/h1-4,6-8,10-14,24H,5,9,15H2,(H,23,25). The molecule has 0 fully saturated rings. The number of nitrogens with one attached hydrogen (secondary N) is 1. The Kier molecular flexibility index (Phi) is 7.02. The summed E-state index contributed by atoms with van der Waals surface area (Å²) < 4.78 is 0. The van der Waals surface area contributed by atoms with Crippen molar-refractivity contribution in [3.05, 3.63) is 83.4 Å². The number of phenols is 1. The second-order valence-corrected chi connectivity index (χ2v) is 5.49. The van der Waals surface area contributed by atoms with Crippen molar-refractivity contribution in [2.24, 2.45) is 0 Å². The summed E-state index contributed by atoms with van der Waals surface area (Å²) in [4.78, 5) is 12.0. The Labute approximate surface area is 147 Å². The average Bonchev–Trinajstić information content (AvgIpc) is 2.64. The van der Waals surface area contributed by atoms with Crippen LogP contribution in [0.25, 0.3) is 6.08 Å². The Hall–Kier alpha value is -3.32. The summed E-state index contributed by atoms with van der Waals surface area (Å²) in [6, 6.07) is 18.6. The molecule has 2 rings (SSSR count). The van der Waals surface area contributed by atoms with Gasteiger partial charge >= 0.3 is 0 Å². The van der Waals surface area contributed by atoms with Gasteiger partial charge in [-0.15, -0.1) is 0 Å². The molecular weight excluding hydrogens is 312 g/mol. The zero-order valence-electron chi connectivity index (χ0n) is 13.9. The van der Waals surface area contributed by atoms with Crippen molar-refractivity contribution in [2.45, 2.75) is 12.8 Å². The molecule has 126 valence electrons. The Morgan fingerprint density at radius 1 is 1.12 bits per heavy atom. The lowest BCUT2D eigenvalue weighted by molar-refractivity contribution is -0.117. The largest absolute Gasteiger partial charge is 0.508 e. The summed E-state index contributed by atoms with van der Waals surface area (Å²) >= 11 is 0. The molecule has 0 saturated heterocycles. The zero-order chi connectivity index (χ0) is 17.9. The summed E-state index contributed by atoms with van der Waals surface area (Å²) in [6.07, 6.45) is 6.60. The van der Waals surface area contributed by atoms with Gasteiger partial charge < -0.3 is 10.4 Å². The number of hydrogen-bond acceptors (Lipinski definition) is 3. The molecule has 0 atom stereocenters. The predicted molar refractivity (Wildman–Crippen MR) is 98.6 cm³/mol. The topological polar surface area (TPSA) is 73.1 Å². The fraction of sp³-hybridized carbons (Fsp3) is 0.143. The molecule has 4 heteroatoms. The number of rotatable bonds is 7. The number of benzene rings is 2. The fourth-order valence-electron chi connectivity index (χ4n) is 2.24. The number of nitriles is 1. The first-order chi connectivity index (χ1) is 12.2. The quantitative estimate of drug-likeness (QED) is 0.352. The lowest BCUT2D eigenvalue weighted by Crippen LogP contribution is -2.25. The lowest BCUT2D eigenvalue weighted by atomic mass is 10.1. The van der Waals surface area contributed by atoms with Crippen LogP contribution in [0.5, 0.6) is 5.75 Å². The molecule has 0 unspecified atom stereocenters. The van der Waals surface area contributed by atoms with Crippen LogP contribution in [-0.2, 0) is 11.2 Å². The van der Waals surface area contributed by atoms with Crippen molar-refractivity contribution in [3.63, 3.8) is 0 Å². The minimum absolute atomic E-state index is 0.0646. The number of carbonyl (C=O) groups is 1. The van der Waals surface area contributed by atoms with Gasteiger partial charge in [-0.2, -0.15) is 5.26 Å². The molecule has 0 aliphatic heterocycles. The third-order valence-electron chi connectivity index (χ3n) is 3.58. The summed E-state index contributed by atoms with van der Waals surface area (Å²) in [5, 5.41) is 21.1. The first-order valence-electron chi connectivity index (χ1n) is 8.08. The summed E-state index contributed by atoms with van der Waals surface area (Å²) in [7, 11) is 0. The molecule has 0 aliphatic rings. The van der Waals surface area contributed by atoms with Gasteiger partial charge in [0, 0.05) is 6.54 Å². The van der Waals surface area contributed by atoms with E-state index in [2.05, 4.69) is 17.4 Å². The van der Waals surface area contributed by atoms with Gasteiger partial charge in [-0.3, -0.25) is 4.79 Å². The molecule has 2 N–H and O–H groups in total. The van der Waals surface area contributed by atoms with E-state index < -0.39 is 0 Å². The third kappa shape index (κ3) is 6.36. The summed E-state index contributed by atoms with van der Waals surface area (Å²) in [5.74, 6) is -0.175. The molecule has 0 aromatic heterocycles. The molecule has 0 aliphatic carbocycles. The molecule has 2 aromatic rings. The molecule has 2 aromatic carbocycles. The zero-order valence-corrected chi connectivity index (χ0v) is 13.9. The van der Waals surface area contributed by atoms with Gasteiger partial charge in [-0.1, -0.05) is 54.6 Å². The predicted octanol–water partition coefficient (Wildman–Crippen LogP) is 3.60. The highest BCUT2D eigenvalue weighted by atomic mass is 16.3. The molecule has 4 nitrogen and oxygen atoms in total. The molecule has 0 bridgehead atoms. The fourth-order valence-corrected chi connectivity index (χ4v) is 2.24. The van der Waals surface area contributed by atoms with E-state index in [0.717, 1.165) is 18.4 Å². The van der Waals surface area contributed by atoms with Crippen molar-refractivity contribution in [2.75, 3.05) is 6.54 Å². The van der Waals surface area contributed by atoms with Gasteiger partial charge in [0.1, 0.15) is 17.4 Å². The number of amides is 1. The monoisotopic (exact) mass is 332 g/mol. The highest BCUT2D eigenvalue weighted by Crippen LogP contribution is 2.11. The van der Waals surface area contributed by atoms with Gasteiger partial charge in [0.2, 0.25) is 0 Å². The van der Waals surface area contributed by atoms with Crippen LogP contribution >= 0.6 is 0 Å². The van der Waals surface area contributed by atoms with Gasteiger partial charge in [0.25, 0.3) is 5.91 Å². The van der Waals surface area contributed by atoms with Crippen LogP contribution in [0, 0.1) is 11.3 Å². The molecule has 0 spiro atoms. The molecule has 0 heterocycles. The number of nitrogens with zero attached hydrogens (tertiary/aromatic N) is 1. The highest BCUT2D eigenvalue weighted by Gasteiger charge is 2.06. The van der Waals surface area contributed by atoms with Crippen molar-refractivity contribution < 1.29 is 9.90 Å². The average molecular weight is 332 g/mol. The Morgan fingerprint density at radius 2 is 1.84 bits per heavy atom. The molecular formula is C21H20N2O2.